The van der Waals surface area contributed by atoms with Gasteiger partial charge in [-0.1, -0.05) is 12.1 Å². The number of carbonyl (C=O) groups excluding carboxylic acids is 1. The van der Waals surface area contributed by atoms with Crippen molar-refractivity contribution in [1.82, 2.24) is 0 Å². The molecule has 0 saturated carbocycles. The predicted molar refractivity (Wildman–Crippen MR) is 63.1 cm³/mol. The number of carbonyl (C=O) groups is 1. The minimum Gasteiger partial charge on any atom is -0.496 e. The van der Waals surface area contributed by atoms with Crippen molar-refractivity contribution in [3.63, 3.8) is 0 Å². The smallest absolute Gasteiger partial charge is 0.328 e. The Morgan fingerprint density at radius 3 is 2.12 bits per heavy atom. The molecule has 0 aliphatic heterocycles. The van der Waals surface area contributed by atoms with Gasteiger partial charge in [-0.05, 0) is 30.5 Å². The number of ether oxygens (including phenoxy) is 2. The summed E-state index contributed by atoms with van der Waals surface area (Å²) in [5.41, 5.74) is 2.63. The van der Waals surface area contributed by atoms with Gasteiger partial charge in [0.2, 0.25) is 0 Å². The summed E-state index contributed by atoms with van der Waals surface area (Å²) in [7, 11) is 2.94. The van der Waals surface area contributed by atoms with Gasteiger partial charge in [0.15, 0.2) is 5.38 Å². The molecule has 0 saturated heterocycles. The minimum atomic E-state index is -0.770. The van der Waals surface area contributed by atoms with Crippen LogP contribution in [-0.2, 0) is 9.53 Å². The molecule has 0 bridgehead atoms. The molecular weight excluding hydrogens is 228 g/mol. The number of alkyl halides is 1. The van der Waals surface area contributed by atoms with Crippen LogP contribution in [0.2, 0.25) is 0 Å². The second kappa shape index (κ2) is 5.21. The maximum atomic E-state index is 11.3. The van der Waals surface area contributed by atoms with E-state index >= 15 is 0 Å². The normalized spacial score (nSPS) is 12.1. The zero-order valence-electron chi connectivity index (χ0n) is 9.83. The van der Waals surface area contributed by atoms with Crippen molar-refractivity contribution in [3.05, 3.63) is 28.8 Å². The van der Waals surface area contributed by atoms with Crippen molar-refractivity contribution in [2.45, 2.75) is 19.2 Å². The maximum Gasteiger partial charge on any atom is 0.328 e. The predicted octanol–water partition coefficient (Wildman–Crippen LogP) is 2.76. The van der Waals surface area contributed by atoms with Gasteiger partial charge in [-0.3, -0.25) is 4.79 Å². The topological polar surface area (TPSA) is 35.5 Å². The van der Waals surface area contributed by atoms with Crippen LogP contribution in [0.25, 0.3) is 0 Å². The lowest BCUT2D eigenvalue weighted by molar-refractivity contribution is -0.140. The van der Waals surface area contributed by atoms with Crippen molar-refractivity contribution in [1.29, 1.82) is 0 Å². The van der Waals surface area contributed by atoms with E-state index in [0.29, 0.717) is 0 Å². The Morgan fingerprint density at radius 2 is 1.75 bits per heavy atom. The van der Waals surface area contributed by atoms with E-state index in [1.54, 1.807) is 7.11 Å². The molecule has 0 spiro atoms. The van der Waals surface area contributed by atoms with Gasteiger partial charge in [0, 0.05) is 0 Å². The number of benzene rings is 1. The number of hydrogen-bond acceptors (Lipinski definition) is 3. The summed E-state index contributed by atoms with van der Waals surface area (Å²) in [6, 6.07) is 3.67. The van der Waals surface area contributed by atoms with Gasteiger partial charge >= 0.3 is 5.97 Å². The SMILES string of the molecule is COC(=O)C(Cl)c1cc(C)c(OC)c(C)c1. The Kier molecular flexibility index (Phi) is 4.19. The van der Waals surface area contributed by atoms with E-state index in [4.69, 9.17) is 16.3 Å². The number of aryl methyl sites for hydroxylation is 2. The molecule has 88 valence electrons. The van der Waals surface area contributed by atoms with E-state index in [0.717, 1.165) is 22.4 Å². The monoisotopic (exact) mass is 242 g/mol. The molecule has 0 aliphatic carbocycles. The Labute approximate surface area is 100 Å². The van der Waals surface area contributed by atoms with Crippen LogP contribution in [0.3, 0.4) is 0 Å². The molecule has 1 aromatic rings. The second-order valence-electron chi connectivity index (χ2n) is 3.57. The molecule has 0 N–H and O–H groups in total. The van der Waals surface area contributed by atoms with Crippen molar-refractivity contribution >= 4 is 17.6 Å². The number of rotatable bonds is 3. The van der Waals surface area contributed by atoms with Crippen molar-refractivity contribution in [2.75, 3.05) is 14.2 Å². The summed E-state index contributed by atoms with van der Waals surface area (Å²) < 4.78 is 9.84. The minimum absolute atomic E-state index is 0.453. The fourth-order valence-electron chi connectivity index (χ4n) is 1.69. The van der Waals surface area contributed by atoms with Crippen LogP contribution in [-0.4, -0.2) is 20.2 Å². The third-order valence-corrected chi connectivity index (χ3v) is 2.82. The van der Waals surface area contributed by atoms with Gasteiger partial charge in [0.25, 0.3) is 0 Å². The van der Waals surface area contributed by atoms with Gasteiger partial charge in [0.05, 0.1) is 14.2 Å². The Bertz CT molecular complexity index is 378. The summed E-state index contributed by atoms with van der Waals surface area (Å²) in [6.45, 7) is 3.83. The van der Waals surface area contributed by atoms with Crippen molar-refractivity contribution in [2.24, 2.45) is 0 Å². The highest BCUT2D eigenvalue weighted by Crippen LogP contribution is 2.30. The van der Waals surface area contributed by atoms with Crippen LogP contribution in [0.5, 0.6) is 5.75 Å². The van der Waals surface area contributed by atoms with E-state index in [1.165, 1.54) is 7.11 Å². The Hall–Kier alpha value is -1.22. The number of esters is 1. The molecule has 0 heterocycles. The average Bonchev–Trinajstić information content (AvgIpc) is 2.26. The lowest BCUT2D eigenvalue weighted by Crippen LogP contribution is -2.09. The standard InChI is InChI=1S/C12H15ClO3/c1-7-5-9(10(13)12(14)16-4)6-8(2)11(7)15-3/h5-6,10H,1-4H3. The zero-order valence-corrected chi connectivity index (χ0v) is 10.6. The fraction of sp³-hybridized carbons (Fsp3) is 0.417. The summed E-state index contributed by atoms with van der Waals surface area (Å²) >= 11 is 5.98. The molecule has 0 aromatic heterocycles. The quantitative estimate of drug-likeness (QED) is 0.604. The van der Waals surface area contributed by atoms with Crippen LogP contribution in [0.4, 0.5) is 0 Å². The van der Waals surface area contributed by atoms with Crippen LogP contribution < -0.4 is 4.74 Å². The van der Waals surface area contributed by atoms with Gasteiger partial charge in [-0.2, -0.15) is 0 Å². The first-order valence-corrected chi connectivity index (χ1v) is 5.32. The van der Waals surface area contributed by atoms with Crippen molar-refractivity contribution in [3.8, 4) is 5.75 Å². The first-order valence-electron chi connectivity index (χ1n) is 4.88. The summed E-state index contributed by atoms with van der Waals surface area (Å²) in [6.07, 6.45) is 0. The van der Waals surface area contributed by atoms with Crippen LogP contribution in [0.15, 0.2) is 12.1 Å². The maximum absolute atomic E-state index is 11.3. The molecule has 0 amide bonds. The zero-order chi connectivity index (χ0) is 12.3. The Balaban J connectivity index is 3.13. The highest BCUT2D eigenvalue weighted by atomic mass is 35.5. The van der Waals surface area contributed by atoms with E-state index in [1.807, 2.05) is 26.0 Å². The largest absolute Gasteiger partial charge is 0.496 e. The summed E-state index contributed by atoms with van der Waals surface area (Å²) in [5.74, 6) is 0.364. The summed E-state index contributed by atoms with van der Waals surface area (Å²) in [5, 5.41) is -0.770. The number of hydrogen-bond donors (Lipinski definition) is 0. The van der Waals surface area contributed by atoms with Crippen LogP contribution in [0, 0.1) is 13.8 Å². The third kappa shape index (κ3) is 2.47. The van der Waals surface area contributed by atoms with Crippen LogP contribution >= 0.6 is 11.6 Å². The molecular formula is C12H15ClO3. The van der Waals surface area contributed by atoms with Gasteiger partial charge in [-0.15, -0.1) is 11.6 Å². The average molecular weight is 243 g/mol. The van der Waals surface area contributed by atoms with Gasteiger partial charge in [-0.25, -0.2) is 0 Å². The first kappa shape index (κ1) is 12.8. The summed E-state index contributed by atoms with van der Waals surface area (Å²) in [4.78, 5) is 11.3. The van der Waals surface area contributed by atoms with E-state index in [9.17, 15) is 4.79 Å². The Morgan fingerprint density at radius 1 is 1.25 bits per heavy atom. The van der Waals surface area contributed by atoms with Gasteiger partial charge in [0.1, 0.15) is 5.75 Å². The lowest BCUT2D eigenvalue weighted by Gasteiger charge is -2.13. The molecule has 16 heavy (non-hydrogen) atoms. The van der Waals surface area contributed by atoms with E-state index in [-0.39, 0.29) is 0 Å². The molecule has 1 rings (SSSR count). The first-order chi connectivity index (χ1) is 7.51. The second-order valence-corrected chi connectivity index (χ2v) is 4.01. The molecule has 0 aliphatic rings. The fourth-order valence-corrected chi connectivity index (χ4v) is 1.91. The molecule has 1 unspecified atom stereocenters. The molecule has 0 fully saturated rings. The molecule has 3 nitrogen and oxygen atoms in total. The molecule has 4 heteroatoms. The van der Waals surface area contributed by atoms with Gasteiger partial charge < -0.3 is 9.47 Å². The lowest BCUT2D eigenvalue weighted by atomic mass is 10.0. The van der Waals surface area contributed by atoms with Crippen LogP contribution in [0.1, 0.15) is 22.1 Å². The molecule has 1 aromatic carbocycles. The molecule has 0 radical (unpaired) electrons. The third-order valence-electron chi connectivity index (χ3n) is 2.39. The highest BCUT2D eigenvalue weighted by molar-refractivity contribution is 6.29. The number of methoxy groups -OCH3 is 2. The highest BCUT2D eigenvalue weighted by Gasteiger charge is 2.19. The van der Waals surface area contributed by atoms with E-state index in [2.05, 4.69) is 4.74 Å². The number of halogens is 1. The molecule has 1 atom stereocenters. The van der Waals surface area contributed by atoms with E-state index < -0.39 is 11.3 Å². The van der Waals surface area contributed by atoms with Crippen molar-refractivity contribution < 1.29 is 14.3 Å².